The van der Waals surface area contributed by atoms with E-state index >= 15 is 0 Å². The van der Waals surface area contributed by atoms with Crippen LogP contribution in [0.5, 0.6) is 0 Å². The van der Waals surface area contributed by atoms with Crippen molar-refractivity contribution in [3.63, 3.8) is 0 Å². The summed E-state index contributed by atoms with van der Waals surface area (Å²) in [4.78, 5) is 6.33. The van der Waals surface area contributed by atoms with Crippen LogP contribution >= 0.6 is 0 Å². The summed E-state index contributed by atoms with van der Waals surface area (Å²) in [6.45, 7) is 4.84. The van der Waals surface area contributed by atoms with Crippen molar-refractivity contribution in [2.24, 2.45) is 0 Å². The first-order valence-electron chi connectivity index (χ1n) is 7.05. The van der Waals surface area contributed by atoms with Crippen molar-refractivity contribution < 1.29 is 13.2 Å². The van der Waals surface area contributed by atoms with Gasteiger partial charge in [-0.2, -0.15) is 4.31 Å². The monoisotopic (exact) mass is 314 g/mol. The average molecular weight is 314 g/mol. The number of hydrogen-bond donors (Lipinski definition) is 1. The standard InChI is InChI=1S/C13H22N4O3S/c1-2-20-9-10-21(18,19)17-7-5-16(6-8-17)13-4-3-12(14)11-15-13/h3-4,11H,2,5-10,14H2,1H3. The molecule has 0 aliphatic carbocycles. The quantitative estimate of drug-likeness (QED) is 0.752. The smallest absolute Gasteiger partial charge is 0.216 e. The first-order valence-corrected chi connectivity index (χ1v) is 8.66. The van der Waals surface area contributed by atoms with Gasteiger partial charge in [0.25, 0.3) is 0 Å². The highest BCUT2D eigenvalue weighted by Gasteiger charge is 2.27. The summed E-state index contributed by atoms with van der Waals surface area (Å²) in [5, 5.41) is 0. The topological polar surface area (TPSA) is 88.8 Å². The zero-order valence-corrected chi connectivity index (χ0v) is 13.1. The van der Waals surface area contributed by atoms with Crippen LogP contribution in [0, 0.1) is 0 Å². The summed E-state index contributed by atoms with van der Waals surface area (Å²) < 4.78 is 30.9. The maximum Gasteiger partial charge on any atom is 0.216 e. The van der Waals surface area contributed by atoms with Gasteiger partial charge in [0.1, 0.15) is 5.82 Å². The molecular weight excluding hydrogens is 292 g/mol. The summed E-state index contributed by atoms with van der Waals surface area (Å²) in [6.07, 6.45) is 1.61. The molecule has 0 amide bonds. The number of pyridine rings is 1. The van der Waals surface area contributed by atoms with Gasteiger partial charge >= 0.3 is 0 Å². The number of ether oxygens (including phenoxy) is 1. The molecule has 0 radical (unpaired) electrons. The minimum absolute atomic E-state index is 0.0426. The van der Waals surface area contributed by atoms with Crippen molar-refractivity contribution in [1.82, 2.24) is 9.29 Å². The molecule has 118 valence electrons. The molecule has 7 nitrogen and oxygen atoms in total. The van der Waals surface area contributed by atoms with E-state index in [1.165, 1.54) is 4.31 Å². The van der Waals surface area contributed by atoms with Gasteiger partial charge in [-0.1, -0.05) is 0 Å². The number of nitrogens with two attached hydrogens (primary N) is 1. The fraction of sp³-hybridized carbons (Fsp3) is 0.615. The number of nitrogen functional groups attached to an aromatic ring is 1. The Kier molecular flexibility index (Phi) is 5.38. The third-order valence-corrected chi connectivity index (χ3v) is 5.25. The Morgan fingerprint density at radius 2 is 2.00 bits per heavy atom. The number of rotatable bonds is 6. The Balaban J connectivity index is 1.89. The minimum Gasteiger partial charge on any atom is -0.397 e. The van der Waals surface area contributed by atoms with Crippen LogP contribution in [0.15, 0.2) is 18.3 Å². The van der Waals surface area contributed by atoms with Crippen molar-refractivity contribution in [2.75, 3.05) is 55.8 Å². The van der Waals surface area contributed by atoms with E-state index in [-0.39, 0.29) is 12.4 Å². The van der Waals surface area contributed by atoms with Crippen LogP contribution < -0.4 is 10.6 Å². The fourth-order valence-corrected chi connectivity index (χ4v) is 3.52. The average Bonchev–Trinajstić information content (AvgIpc) is 2.48. The van der Waals surface area contributed by atoms with Crippen molar-refractivity contribution in [1.29, 1.82) is 0 Å². The van der Waals surface area contributed by atoms with Crippen molar-refractivity contribution in [3.8, 4) is 0 Å². The number of piperazine rings is 1. The van der Waals surface area contributed by atoms with Crippen LogP contribution in [0.2, 0.25) is 0 Å². The predicted molar refractivity (Wildman–Crippen MR) is 82.7 cm³/mol. The zero-order valence-electron chi connectivity index (χ0n) is 12.2. The molecular formula is C13H22N4O3S. The van der Waals surface area contributed by atoms with Gasteiger partial charge in [0.2, 0.25) is 10.0 Å². The van der Waals surface area contributed by atoms with Gasteiger partial charge in [0.15, 0.2) is 0 Å². The highest BCUT2D eigenvalue weighted by atomic mass is 32.2. The van der Waals surface area contributed by atoms with Crippen LogP contribution in [0.4, 0.5) is 11.5 Å². The Morgan fingerprint density at radius 1 is 1.29 bits per heavy atom. The number of anilines is 2. The summed E-state index contributed by atoms with van der Waals surface area (Å²) in [7, 11) is -3.23. The molecule has 2 rings (SSSR count). The summed E-state index contributed by atoms with van der Waals surface area (Å²) in [5.74, 6) is 0.872. The second-order valence-corrected chi connectivity index (χ2v) is 6.94. The molecule has 1 aromatic heterocycles. The first-order chi connectivity index (χ1) is 10.0. The largest absolute Gasteiger partial charge is 0.397 e. The molecule has 1 fully saturated rings. The van der Waals surface area contributed by atoms with Gasteiger partial charge in [0, 0.05) is 32.8 Å². The van der Waals surface area contributed by atoms with Crippen molar-refractivity contribution >= 4 is 21.5 Å². The molecule has 2 heterocycles. The lowest BCUT2D eigenvalue weighted by atomic mass is 10.3. The Morgan fingerprint density at radius 3 is 2.57 bits per heavy atom. The Hall–Kier alpha value is -1.38. The van der Waals surface area contributed by atoms with Gasteiger partial charge in [0.05, 0.1) is 24.2 Å². The maximum atomic E-state index is 12.1. The Labute approximate surface area is 125 Å². The molecule has 0 spiro atoms. The number of nitrogens with zero attached hydrogens (tertiary/aromatic N) is 3. The molecule has 1 aliphatic rings. The Bertz CT molecular complexity index is 539. The molecule has 1 aliphatic heterocycles. The molecule has 0 aromatic carbocycles. The highest BCUT2D eigenvalue weighted by molar-refractivity contribution is 7.89. The predicted octanol–water partition coefficient (Wildman–Crippen LogP) is 0.152. The van der Waals surface area contributed by atoms with Gasteiger partial charge < -0.3 is 15.4 Å². The normalized spacial score (nSPS) is 17.1. The fourth-order valence-electron chi connectivity index (χ4n) is 2.22. The summed E-state index contributed by atoms with van der Waals surface area (Å²) in [5.41, 5.74) is 6.23. The van der Waals surface area contributed by atoms with Crippen LogP contribution in [0.3, 0.4) is 0 Å². The zero-order chi connectivity index (χ0) is 15.3. The number of aromatic nitrogens is 1. The van der Waals surface area contributed by atoms with Crippen molar-refractivity contribution in [2.45, 2.75) is 6.92 Å². The molecule has 0 saturated carbocycles. The molecule has 0 atom stereocenters. The third kappa shape index (κ3) is 4.29. The van der Waals surface area contributed by atoms with Gasteiger partial charge in [-0.3, -0.25) is 0 Å². The van der Waals surface area contributed by atoms with E-state index in [4.69, 9.17) is 10.5 Å². The molecule has 21 heavy (non-hydrogen) atoms. The second-order valence-electron chi connectivity index (χ2n) is 4.85. The maximum absolute atomic E-state index is 12.1. The number of sulfonamides is 1. The van der Waals surface area contributed by atoms with E-state index < -0.39 is 10.0 Å². The second kappa shape index (κ2) is 7.06. The molecule has 1 aromatic rings. The summed E-state index contributed by atoms with van der Waals surface area (Å²) in [6, 6.07) is 3.65. The van der Waals surface area contributed by atoms with E-state index in [0.29, 0.717) is 38.5 Å². The van der Waals surface area contributed by atoms with Gasteiger partial charge in [-0.05, 0) is 19.1 Å². The van der Waals surface area contributed by atoms with E-state index in [9.17, 15) is 8.42 Å². The van der Waals surface area contributed by atoms with Gasteiger partial charge in [-0.25, -0.2) is 13.4 Å². The minimum atomic E-state index is -3.23. The van der Waals surface area contributed by atoms with E-state index in [1.54, 1.807) is 12.3 Å². The molecule has 0 bridgehead atoms. The van der Waals surface area contributed by atoms with Crippen LogP contribution in [0.25, 0.3) is 0 Å². The molecule has 1 saturated heterocycles. The van der Waals surface area contributed by atoms with E-state index in [2.05, 4.69) is 9.88 Å². The molecule has 8 heteroatoms. The number of hydrogen-bond acceptors (Lipinski definition) is 6. The van der Waals surface area contributed by atoms with Gasteiger partial charge in [-0.15, -0.1) is 0 Å². The lowest BCUT2D eigenvalue weighted by Gasteiger charge is -2.34. The molecule has 2 N–H and O–H groups in total. The molecule has 0 unspecified atom stereocenters. The van der Waals surface area contributed by atoms with E-state index in [1.807, 2.05) is 13.0 Å². The SMILES string of the molecule is CCOCCS(=O)(=O)N1CCN(c2ccc(N)cn2)CC1. The van der Waals surface area contributed by atoms with E-state index in [0.717, 1.165) is 5.82 Å². The lowest BCUT2D eigenvalue weighted by Crippen LogP contribution is -2.49. The van der Waals surface area contributed by atoms with Crippen molar-refractivity contribution in [3.05, 3.63) is 18.3 Å². The van der Waals surface area contributed by atoms with Crippen LogP contribution in [-0.2, 0) is 14.8 Å². The lowest BCUT2D eigenvalue weighted by molar-refractivity contribution is 0.162. The summed E-state index contributed by atoms with van der Waals surface area (Å²) >= 11 is 0. The van der Waals surface area contributed by atoms with Crippen LogP contribution in [-0.4, -0.2) is 62.9 Å². The highest BCUT2D eigenvalue weighted by Crippen LogP contribution is 2.16. The van der Waals surface area contributed by atoms with Crippen LogP contribution in [0.1, 0.15) is 6.92 Å². The third-order valence-electron chi connectivity index (χ3n) is 3.42. The first kappa shape index (κ1) is 16.0.